The Labute approximate surface area is 654 Å². The Morgan fingerprint density at radius 3 is 0.990 bits per heavy atom. The molecule has 0 amide bonds. The third kappa shape index (κ3) is 20.7. The normalized spacial score (nSPS) is 10.6. The third-order valence-corrected chi connectivity index (χ3v) is 15.3. The van der Waals surface area contributed by atoms with Crippen LogP contribution >= 0.6 is 15.9 Å². The van der Waals surface area contributed by atoms with Crippen LogP contribution in [0.3, 0.4) is 0 Å². The zero-order valence-corrected chi connectivity index (χ0v) is 64.0. The number of allylic oxidation sites excluding steroid dienone is 2. The van der Waals surface area contributed by atoms with E-state index in [1.165, 1.54) is 0 Å². The number of terminal acetylenes is 1. The first-order valence-corrected chi connectivity index (χ1v) is 32.4. The summed E-state index contributed by atoms with van der Waals surface area (Å²) >= 11 is 3.50. The molecule has 14 heterocycles. The molecule has 22 heteroatoms. The van der Waals surface area contributed by atoms with E-state index in [-0.39, 0.29) is 80.7 Å². The average molecular weight is 1780 g/mol. The third-order valence-electron chi connectivity index (χ3n) is 14.9. The van der Waals surface area contributed by atoms with Crippen molar-refractivity contribution in [3.05, 3.63) is 327 Å². The smallest absolute Gasteiger partial charge is 0.679 e. The summed E-state index contributed by atoms with van der Waals surface area (Å²) < 4.78 is 0.989. The van der Waals surface area contributed by atoms with Crippen LogP contribution in [0, 0.1) is 31.6 Å². The maximum Gasteiger partial charge on any atom is 1.00 e. The van der Waals surface area contributed by atoms with E-state index in [0.29, 0.717) is 0 Å². The predicted octanol–water partition coefficient (Wildman–Crippen LogP) is 16.7. The van der Waals surface area contributed by atoms with E-state index < -0.39 is 0 Å². The number of halogens is 1. The van der Waals surface area contributed by atoms with Crippen LogP contribution in [-0.2, 0) is 60.0 Å². The summed E-state index contributed by atoms with van der Waals surface area (Å²) in [7, 11) is 0. The van der Waals surface area contributed by atoms with Gasteiger partial charge >= 0.3 is 19.5 Å². The molecule has 13 aromatic heterocycles. The first-order chi connectivity index (χ1) is 49.9. The van der Waals surface area contributed by atoms with Crippen LogP contribution in [0.5, 0.6) is 0 Å². The molecule has 0 atom stereocenters. The van der Waals surface area contributed by atoms with Crippen molar-refractivity contribution in [3.8, 4) is 58.3 Å². The second-order valence-electron chi connectivity index (χ2n) is 21.4. The van der Waals surface area contributed by atoms with Crippen LogP contribution < -0.4 is 0 Å². The molecule has 2 N–H and O–H groups in total. The van der Waals surface area contributed by atoms with E-state index in [1.54, 1.807) is 68.2 Å². The molecule has 1 aliphatic rings. The van der Waals surface area contributed by atoms with Gasteiger partial charge in [-0.3, -0.25) is 54.8 Å². The van der Waals surface area contributed by atoms with Gasteiger partial charge in [-0.1, -0.05) is 88.3 Å². The SMILES string of the molecule is Brc1ccc2nc3c4cccnc4c4ncccc4c3nc2c1.C#CCO.C1=CC[N-]C(c2ccccn2)=C1.OCC#Cc1ccc2nc3c4cccnc4c4ncccc4c3nc2c1.[CH3-].[Ru+].[Ru].[W].c1ccc(-c2ccccn2)nc1.c1ccc(-c2ccccn2)nc1.c1ccc(-c2ccccn2)nc1. The van der Waals surface area contributed by atoms with Gasteiger partial charge in [0.2, 0.25) is 0 Å². The fourth-order valence-corrected chi connectivity index (χ4v) is 10.7. The van der Waals surface area contributed by atoms with Crippen molar-refractivity contribution >= 4 is 109 Å². The van der Waals surface area contributed by atoms with Gasteiger partial charge < -0.3 is 23.0 Å². The summed E-state index contributed by atoms with van der Waals surface area (Å²) in [6, 6.07) is 67.9. The average Bonchev–Trinajstić information content (AvgIpc) is 0.744. The number of fused-ring (bicyclic) bond motifs is 14. The molecule has 0 fully saturated rings. The second-order valence-corrected chi connectivity index (χ2v) is 22.3. The minimum absolute atomic E-state index is 0. The Morgan fingerprint density at radius 2 is 0.686 bits per heavy atom. The number of aliphatic hydroxyl groups is 2. The number of rotatable bonds is 4. The quantitative estimate of drug-likeness (QED) is 0.0546. The standard InChI is InChI=1S/C21H12N4O.C18H9BrN4.C10H9N2.3C10H8N2.C3H4O.CH3.2Ru.W/c26-11-3-4-13-7-8-16-17(12-13)25-21-15-6-2-10-23-19(15)18-14(20(21)24-16)5-1-9-22-18;19-10-5-6-13-14(9-10)23-18-12-4-2-8-21-16(12)15-11(17(18)22-13)3-1-7-20-15;4*1-3-7-11-9(5-1)10-6-2-4-8-12-10;1-2-3-4;;;;/h1-2,5-10,12,26H,11H2;1-9H;1-7H,8H2;3*1-8H;1,4H,3H2;1H3;;;/q;;-1;;;;;-1;;+1;. The van der Waals surface area contributed by atoms with E-state index in [9.17, 15) is 0 Å². The zero-order valence-electron chi connectivity index (χ0n) is 56.0. The Morgan fingerprint density at radius 1 is 0.371 bits per heavy atom. The molecular weight excluding hydrogens is 1720 g/mol. The van der Waals surface area contributed by atoms with E-state index >= 15 is 0 Å². The van der Waals surface area contributed by atoms with Crippen LogP contribution in [0.15, 0.2) is 303 Å². The van der Waals surface area contributed by atoms with Crippen molar-refractivity contribution in [2.45, 2.75) is 0 Å². The molecule has 105 heavy (non-hydrogen) atoms. The Kier molecular flexibility index (Phi) is 30.9. The van der Waals surface area contributed by atoms with Crippen molar-refractivity contribution in [3.63, 3.8) is 0 Å². The fourth-order valence-electron chi connectivity index (χ4n) is 10.4. The monoisotopic (exact) mass is 1780 g/mol. The van der Waals surface area contributed by atoms with Crippen molar-refractivity contribution in [2.24, 2.45) is 0 Å². The first kappa shape index (κ1) is 79.2. The summed E-state index contributed by atoms with van der Waals surface area (Å²) in [5.41, 5.74) is 18.2. The molecule has 0 spiro atoms. The van der Waals surface area contributed by atoms with Gasteiger partial charge in [-0.05, 0) is 170 Å². The molecule has 0 saturated heterocycles. The van der Waals surface area contributed by atoms with Gasteiger partial charge in [-0.25, -0.2) is 19.9 Å². The van der Waals surface area contributed by atoms with Gasteiger partial charge in [-0.2, -0.15) is 0 Å². The number of nitrogens with zero attached hydrogens (tertiary/aromatic N) is 16. The summed E-state index contributed by atoms with van der Waals surface area (Å²) in [5, 5.41) is 24.7. The summed E-state index contributed by atoms with van der Waals surface area (Å²) in [6.07, 6.45) is 30.0. The molecule has 0 bridgehead atoms. The van der Waals surface area contributed by atoms with Crippen LogP contribution in [-0.4, -0.2) is 105 Å². The van der Waals surface area contributed by atoms with Gasteiger partial charge in [0.15, 0.2) is 0 Å². The Bertz CT molecular complexity index is 5520. The number of benzene rings is 4. The number of hydrogen-bond donors (Lipinski definition) is 2. The topological polar surface area (TPSA) is 248 Å². The number of pyridine rings is 11. The van der Waals surface area contributed by atoms with Crippen molar-refractivity contribution < 1.29 is 70.2 Å². The minimum Gasteiger partial charge on any atom is -0.679 e. The van der Waals surface area contributed by atoms with Crippen LogP contribution in [0.1, 0.15) is 11.3 Å². The number of aliphatic hydroxyl groups excluding tert-OH is 2. The second kappa shape index (κ2) is 41.0. The largest absolute Gasteiger partial charge is 1.00 e. The van der Waals surface area contributed by atoms with Gasteiger partial charge in [0.25, 0.3) is 0 Å². The predicted molar refractivity (Wildman–Crippen MR) is 411 cm³/mol. The van der Waals surface area contributed by atoms with Crippen LogP contribution in [0.4, 0.5) is 0 Å². The molecule has 1 aliphatic heterocycles. The molecule has 515 valence electrons. The molecule has 18 nitrogen and oxygen atoms in total. The summed E-state index contributed by atoms with van der Waals surface area (Å²) in [4.78, 5) is 66.8. The number of hydrogen-bond acceptors (Lipinski definition) is 17. The molecule has 0 saturated carbocycles. The molecule has 17 aromatic rings. The van der Waals surface area contributed by atoms with E-state index in [1.807, 2.05) is 236 Å². The van der Waals surface area contributed by atoms with E-state index in [2.05, 4.69) is 94.3 Å². The van der Waals surface area contributed by atoms with E-state index in [0.717, 1.165) is 150 Å². The maximum absolute atomic E-state index is 8.89. The molecule has 0 aliphatic carbocycles. The minimum atomic E-state index is -0.170. The molecule has 1 radical (unpaired) electrons. The summed E-state index contributed by atoms with van der Waals surface area (Å²) in [6.45, 7) is 0.444. The Hall–Kier alpha value is -11.5. The maximum atomic E-state index is 8.89. The first-order valence-electron chi connectivity index (χ1n) is 31.6. The van der Waals surface area contributed by atoms with Crippen molar-refractivity contribution in [1.29, 1.82) is 0 Å². The molecular formula is C83H61BrN16O2Ru2W-. The van der Waals surface area contributed by atoms with Gasteiger partial charge in [0.05, 0.1) is 100 Å². The molecule has 4 aromatic carbocycles. The van der Waals surface area contributed by atoms with Crippen molar-refractivity contribution in [2.75, 3.05) is 19.8 Å². The Balaban J connectivity index is 0.000000162. The van der Waals surface area contributed by atoms with Crippen molar-refractivity contribution in [1.82, 2.24) is 74.8 Å². The van der Waals surface area contributed by atoms with Crippen LogP contribution in [0.25, 0.3) is 133 Å². The fraction of sp³-hybridized carbons (Fsp3) is 0.0361. The van der Waals surface area contributed by atoms with Crippen LogP contribution in [0.2, 0.25) is 0 Å². The number of aromatic nitrogens is 15. The van der Waals surface area contributed by atoms with Gasteiger partial charge in [-0.15, -0.1) is 24.7 Å². The summed E-state index contributed by atoms with van der Waals surface area (Å²) in [5.74, 6) is 7.56. The van der Waals surface area contributed by atoms with E-state index in [4.69, 9.17) is 30.1 Å². The van der Waals surface area contributed by atoms with Gasteiger partial charge in [0, 0.05) is 146 Å². The molecule has 18 rings (SSSR count). The zero-order chi connectivity index (χ0) is 69.2. The molecule has 0 unspecified atom stereocenters. The van der Waals surface area contributed by atoms with Gasteiger partial charge in [0.1, 0.15) is 13.2 Å².